The normalized spacial score (nSPS) is 12.1. The first kappa shape index (κ1) is 89.9. The third kappa shape index (κ3) is 17.5. The third-order valence-electron chi connectivity index (χ3n) is 26.5. The molecule has 9 heteroatoms. The molecule has 7 nitrogen and oxygen atoms in total. The first-order valence-electron chi connectivity index (χ1n) is 47.3. The molecule has 4 heterocycles. The summed E-state index contributed by atoms with van der Waals surface area (Å²) in [5.74, 6) is 3.58. The number of aromatic nitrogens is 5. The van der Waals surface area contributed by atoms with Crippen molar-refractivity contribution in [1.29, 1.82) is 1.34 Å². The molecule has 1 aliphatic rings. The Hall–Kier alpha value is -14.0. The molecule has 22 aromatic rings. The summed E-state index contributed by atoms with van der Waals surface area (Å²) in [6.45, 7) is 27.8. The number of benzene rings is 19. The van der Waals surface area contributed by atoms with Crippen molar-refractivity contribution < 1.29 is 62.9 Å². The van der Waals surface area contributed by atoms with Gasteiger partial charge < -0.3 is 28.5 Å². The number of para-hydroxylation sites is 8. The van der Waals surface area contributed by atoms with Gasteiger partial charge in [0.05, 0.1) is 33.4 Å². The molecule has 19 aromatic carbocycles. The summed E-state index contributed by atoms with van der Waals surface area (Å²) in [6.07, 6.45) is 0. The van der Waals surface area contributed by atoms with Crippen molar-refractivity contribution in [3.05, 3.63) is 447 Å². The molecule has 655 valence electrons. The van der Waals surface area contributed by atoms with Crippen LogP contribution >= 0.6 is 0 Å². The van der Waals surface area contributed by atoms with Crippen LogP contribution < -0.4 is 67.8 Å². The zero-order chi connectivity index (χ0) is 93.7. The molecule has 0 saturated heterocycles. The van der Waals surface area contributed by atoms with Crippen molar-refractivity contribution in [2.75, 3.05) is 4.90 Å². The van der Waals surface area contributed by atoms with Crippen LogP contribution in [0, 0.1) is 0 Å². The van der Waals surface area contributed by atoms with Crippen LogP contribution in [0.25, 0.3) is 177 Å². The number of hydrogen-bond acceptors (Lipinski definition) is 5. The summed E-state index contributed by atoms with van der Waals surface area (Å²) in [4.78, 5) is 16.7. The van der Waals surface area contributed by atoms with E-state index in [0.717, 1.165) is 45.3 Å². The Labute approximate surface area is 850 Å². The van der Waals surface area contributed by atoms with Gasteiger partial charge in [0, 0.05) is 55.3 Å². The summed E-state index contributed by atoms with van der Waals surface area (Å²) in [5.41, 5.74) is 31.0. The smallest absolute Gasteiger partial charge is 0.652 e. The van der Waals surface area contributed by atoms with E-state index >= 15 is 0 Å². The van der Waals surface area contributed by atoms with Crippen molar-refractivity contribution in [1.82, 2.24) is 24.1 Å². The molecule has 136 heavy (non-hydrogen) atoms. The minimum Gasteiger partial charge on any atom is -0.652 e. The second-order valence-corrected chi connectivity index (χ2v) is 39.5. The molecule has 23 rings (SSSR count). The molecule has 0 fully saturated rings. The standard InChI is InChI=1S/C58H60.C36H24N2.C33H22N4O.BH.Rb/c1-55(2,3)41-27-23-39(24-28-41)49-45-33-31-43(57(7,8)9)35-47(45)52(38-21-17-14-18-22-38)54-50(40-25-29-42(30-26-40)56(4,5)6)46-34-32-44(58(10,11)12)36-48(46)51(53(49)54)37-19-15-13-16-20-37;1-5-19-33-29(15-1)30-16-2-6-20-34(30)37(33)27-13-9-11-25(23-27)26-12-10-14-28(24-26)38-35-21-7-3-17-31(35)32-18-4-8-22-36(32)38;1-3-11-23(12-4-1)31-34-32(24-13-5-2-6-14-24)36-33(35-31)25-19-21-26(22-20-25)37-27-15-7-9-17-29(27)38-30-18-10-8-16-28(30)37;;/h13-36H,1-12H3;1-24H;1-22H;1H;/q;;;-1;+1/i;;;1T;. The molecular formula is C127H107BN6ORb. The monoisotopic (exact) mass is 1830 g/mol. The van der Waals surface area contributed by atoms with Gasteiger partial charge in [-0.15, -0.1) is 0 Å². The quantitative estimate of drug-likeness (QED) is 0.0954. The van der Waals surface area contributed by atoms with Crippen molar-refractivity contribution in [2.24, 2.45) is 0 Å². The molecule has 0 saturated carbocycles. The molecule has 0 aliphatic carbocycles. The Kier molecular flexibility index (Phi) is 24.7. The van der Waals surface area contributed by atoms with Crippen molar-refractivity contribution in [3.63, 3.8) is 0 Å². The van der Waals surface area contributed by atoms with Crippen molar-refractivity contribution in [2.45, 2.75) is 105 Å². The molecule has 0 atom stereocenters. The molecule has 0 spiro atoms. The summed E-state index contributed by atoms with van der Waals surface area (Å²) in [7, 11) is 3.75. The van der Waals surface area contributed by atoms with Gasteiger partial charge in [-0.2, -0.15) is 0 Å². The fraction of sp³-hybridized carbons (Fsp3) is 0.126. The van der Waals surface area contributed by atoms with Gasteiger partial charge in [-0.3, -0.25) is 0 Å². The molecule has 1 aliphatic heterocycles. The third-order valence-corrected chi connectivity index (χ3v) is 26.5. The Morgan fingerprint density at radius 3 is 0.824 bits per heavy atom. The van der Waals surface area contributed by atoms with E-state index in [1.165, 1.54) is 165 Å². The van der Waals surface area contributed by atoms with E-state index in [9.17, 15) is 0 Å². The minimum absolute atomic E-state index is 0. The Morgan fingerprint density at radius 2 is 0.485 bits per heavy atom. The van der Waals surface area contributed by atoms with Gasteiger partial charge in [0.1, 0.15) is 0 Å². The fourth-order valence-electron chi connectivity index (χ4n) is 19.6. The van der Waals surface area contributed by atoms with Gasteiger partial charge in [-0.25, -0.2) is 15.0 Å². The maximum atomic E-state index is 6.16. The van der Waals surface area contributed by atoms with E-state index in [0.29, 0.717) is 17.5 Å². The zero-order valence-electron chi connectivity index (χ0n) is 80.6. The Morgan fingerprint density at radius 1 is 0.221 bits per heavy atom. The maximum absolute atomic E-state index is 6.16. The van der Waals surface area contributed by atoms with E-state index in [1.807, 2.05) is 97.1 Å². The van der Waals surface area contributed by atoms with E-state index in [2.05, 4.69) is 433 Å². The van der Waals surface area contributed by atoms with Gasteiger partial charge in [0.15, 0.2) is 29.0 Å². The average molecular weight is 1830 g/mol. The molecule has 3 radical (unpaired) electrons. The van der Waals surface area contributed by atoms with E-state index in [4.69, 9.17) is 21.0 Å². The first-order chi connectivity index (χ1) is 66.0. The van der Waals surface area contributed by atoms with Crippen molar-refractivity contribution >= 4 is 101 Å². The Balaban J connectivity index is 0.000000134. The molecule has 0 amide bonds. The summed E-state index contributed by atoms with van der Waals surface area (Å²) < 4.78 is 16.2. The number of fused-ring (bicyclic) bond motifs is 11. The van der Waals surface area contributed by atoms with Crippen molar-refractivity contribution in [3.8, 4) is 113 Å². The summed E-state index contributed by atoms with van der Waals surface area (Å²) in [5, 5.41) is 12.9. The van der Waals surface area contributed by atoms with Crippen LogP contribution in [0.15, 0.2) is 425 Å². The summed E-state index contributed by atoms with van der Waals surface area (Å²) >= 11 is 0. The van der Waals surface area contributed by atoms with Crippen LogP contribution in [0.1, 0.15) is 105 Å². The van der Waals surface area contributed by atoms with Gasteiger partial charge in [-0.05, 0) is 241 Å². The van der Waals surface area contributed by atoms with Gasteiger partial charge in [0.2, 0.25) is 0 Å². The van der Waals surface area contributed by atoms with Crippen LogP contribution in [0.3, 0.4) is 0 Å². The van der Waals surface area contributed by atoms with Crippen LogP contribution in [-0.4, -0.2) is 33.8 Å². The van der Waals surface area contributed by atoms with Crippen LogP contribution in [0.4, 0.5) is 17.1 Å². The molecule has 3 aromatic heterocycles. The second kappa shape index (κ2) is 37.4. The largest absolute Gasteiger partial charge is 1.00 e. The van der Waals surface area contributed by atoms with Gasteiger partial charge >= 0.3 is 58.2 Å². The SMILES string of the molecule is CC(C)(C)c1ccc(-c2c3ccc(C(C)(C)C)cc3c(-c3ccccc3)c3c(-c4ccc(C(C)(C)C)cc4)c4ccc(C(C)(C)C)cc4c(-c4ccccc4)c23)cc1.[3H][B-].[Rb+].c1cc(-c2cccc(-n3c4ccccc4c4ccccc43)c2)cc(-n2c3ccccc3c3ccccc32)c1.c1ccc(-c2nc(-c3ccccc3)nc(-c3ccc(N4c5ccccc5Oc5ccccc54)cc3)n2)cc1. The number of hydrogen-bond donors (Lipinski definition) is 0. The minimum atomic E-state index is -0.0286. The van der Waals surface area contributed by atoms with Crippen LogP contribution in [0.2, 0.25) is 0 Å². The first-order valence-corrected chi connectivity index (χ1v) is 46.7. The number of anilines is 3. The molecular weight excluding hydrogens is 1720 g/mol. The van der Waals surface area contributed by atoms with E-state index < -0.39 is 0 Å². The molecule has 0 bridgehead atoms. The maximum Gasteiger partial charge on any atom is 1.00 e. The summed E-state index contributed by atoms with van der Waals surface area (Å²) in [6, 6.07) is 153. The molecule has 0 unspecified atom stereocenters. The Bertz CT molecular complexity index is 7650. The van der Waals surface area contributed by atoms with Gasteiger partial charge in [-0.1, -0.05) is 399 Å². The average Bonchev–Trinajstić information content (AvgIpc) is 1.66. The topological polar surface area (TPSA) is 61.0 Å². The predicted octanol–water partition coefficient (Wildman–Crippen LogP) is 31.4. The van der Waals surface area contributed by atoms with E-state index in [1.54, 1.807) is 0 Å². The van der Waals surface area contributed by atoms with E-state index in [-0.39, 0.29) is 79.8 Å². The number of ether oxygens (including phenoxy) is 1. The fourth-order valence-corrected chi connectivity index (χ4v) is 19.6. The number of rotatable bonds is 11. The predicted molar refractivity (Wildman–Crippen MR) is 574 cm³/mol. The van der Waals surface area contributed by atoms with Gasteiger partial charge in [0.25, 0.3) is 0 Å². The zero-order valence-corrected chi connectivity index (χ0v) is 84.5. The van der Waals surface area contributed by atoms with Crippen LogP contribution in [-0.2, 0) is 21.7 Å². The van der Waals surface area contributed by atoms with Crippen LogP contribution in [0.5, 0.6) is 11.5 Å². The number of nitrogens with zero attached hydrogens (tertiary/aromatic N) is 6. The molecule has 0 N–H and O–H groups in total. The second-order valence-electron chi connectivity index (χ2n) is 39.5.